The van der Waals surface area contributed by atoms with Gasteiger partial charge in [-0.15, -0.1) is 0 Å². The van der Waals surface area contributed by atoms with Crippen molar-refractivity contribution in [2.45, 2.75) is 32.9 Å². The fourth-order valence-electron chi connectivity index (χ4n) is 4.21. The second-order valence-corrected chi connectivity index (χ2v) is 8.56. The second kappa shape index (κ2) is 10.4. The Kier molecular flexibility index (Phi) is 7.31. The van der Waals surface area contributed by atoms with Crippen molar-refractivity contribution in [3.8, 4) is 11.1 Å². The molecule has 0 saturated carbocycles. The van der Waals surface area contributed by atoms with E-state index in [0.29, 0.717) is 5.69 Å². The predicted molar refractivity (Wildman–Crippen MR) is 128 cm³/mol. The van der Waals surface area contributed by atoms with Crippen LogP contribution in [0.2, 0.25) is 0 Å². The molecule has 3 heterocycles. The lowest BCUT2D eigenvalue weighted by molar-refractivity contribution is -0.141. The van der Waals surface area contributed by atoms with Crippen molar-refractivity contribution in [3.05, 3.63) is 60.0 Å². The Labute approximate surface area is 197 Å². The smallest absolute Gasteiger partial charge is 0.355 e. The quantitative estimate of drug-likeness (QED) is 0.511. The number of nitrogens with one attached hydrogen (secondary N) is 1. The van der Waals surface area contributed by atoms with Crippen molar-refractivity contribution in [2.75, 3.05) is 42.9 Å². The zero-order valence-electron chi connectivity index (χ0n) is 19.4. The first-order valence-corrected chi connectivity index (χ1v) is 11.5. The zero-order valence-corrected chi connectivity index (χ0v) is 19.4. The number of rotatable bonds is 6. The average molecular weight is 471 g/mol. The standard InChI is InChI=1S/C25H29F3N6/c1-3-9-33-10-4-11-34(13-12-33)23-6-5-19(17-30-23)20-14-18(2)15-21(16-20)31-24-29-8-7-22(32-24)25(26,27)28/h5-8,14-17H,3-4,9-13H2,1-2H3,(H,29,31,32). The van der Waals surface area contributed by atoms with E-state index in [1.807, 2.05) is 43.5 Å². The van der Waals surface area contributed by atoms with E-state index in [9.17, 15) is 13.2 Å². The van der Waals surface area contributed by atoms with Crippen LogP contribution >= 0.6 is 0 Å². The molecule has 1 N–H and O–H groups in total. The van der Waals surface area contributed by atoms with E-state index in [1.54, 1.807) is 0 Å². The molecule has 1 aliphatic heterocycles. The number of hydrogen-bond donors (Lipinski definition) is 1. The number of pyridine rings is 1. The Balaban J connectivity index is 1.50. The SMILES string of the molecule is CCCN1CCCN(c2ccc(-c3cc(C)cc(Nc4nccc(C(F)(F)F)n4)c3)cn2)CC1. The molecule has 0 aliphatic carbocycles. The molecule has 2 aromatic heterocycles. The third-order valence-corrected chi connectivity index (χ3v) is 5.81. The van der Waals surface area contributed by atoms with Gasteiger partial charge >= 0.3 is 6.18 Å². The molecule has 0 bridgehead atoms. The van der Waals surface area contributed by atoms with Crippen LogP contribution in [0.5, 0.6) is 0 Å². The topological polar surface area (TPSA) is 57.2 Å². The van der Waals surface area contributed by atoms with Gasteiger partial charge in [0.1, 0.15) is 11.5 Å². The van der Waals surface area contributed by atoms with Crippen LogP contribution in [-0.2, 0) is 6.18 Å². The number of halogens is 3. The van der Waals surface area contributed by atoms with E-state index in [-0.39, 0.29) is 5.95 Å². The van der Waals surface area contributed by atoms with Crippen LogP contribution in [0.4, 0.5) is 30.6 Å². The molecule has 9 heteroatoms. The number of aromatic nitrogens is 3. The fourth-order valence-corrected chi connectivity index (χ4v) is 4.21. The van der Waals surface area contributed by atoms with Crippen LogP contribution in [0.15, 0.2) is 48.8 Å². The molecule has 0 atom stereocenters. The number of aryl methyl sites for hydroxylation is 1. The molecule has 3 aromatic rings. The van der Waals surface area contributed by atoms with Gasteiger partial charge in [0.05, 0.1) is 0 Å². The number of alkyl halides is 3. The lowest BCUT2D eigenvalue weighted by Crippen LogP contribution is -2.31. The highest BCUT2D eigenvalue weighted by Gasteiger charge is 2.32. The van der Waals surface area contributed by atoms with Crippen molar-refractivity contribution in [3.63, 3.8) is 0 Å². The number of hydrogen-bond acceptors (Lipinski definition) is 6. The molecule has 1 aromatic carbocycles. The van der Waals surface area contributed by atoms with Gasteiger partial charge in [-0.1, -0.05) is 13.0 Å². The Morgan fingerprint density at radius 3 is 2.56 bits per heavy atom. The molecule has 1 saturated heterocycles. The lowest BCUT2D eigenvalue weighted by atomic mass is 10.0. The van der Waals surface area contributed by atoms with Crippen LogP contribution in [0, 0.1) is 6.92 Å². The van der Waals surface area contributed by atoms with Crippen molar-refractivity contribution >= 4 is 17.5 Å². The maximum absolute atomic E-state index is 13.0. The van der Waals surface area contributed by atoms with Crippen LogP contribution < -0.4 is 10.2 Å². The molecular formula is C25H29F3N6. The van der Waals surface area contributed by atoms with Gasteiger partial charge in [0.15, 0.2) is 0 Å². The summed E-state index contributed by atoms with van der Waals surface area (Å²) in [5, 5.41) is 2.90. The first-order valence-electron chi connectivity index (χ1n) is 11.5. The summed E-state index contributed by atoms with van der Waals surface area (Å²) in [5.74, 6) is 0.864. The highest BCUT2D eigenvalue weighted by atomic mass is 19.4. The first-order chi connectivity index (χ1) is 16.3. The maximum atomic E-state index is 13.0. The van der Waals surface area contributed by atoms with E-state index in [2.05, 4.69) is 32.0 Å². The minimum Gasteiger partial charge on any atom is -0.355 e. The Bertz CT molecular complexity index is 1100. The van der Waals surface area contributed by atoms with Crippen molar-refractivity contribution < 1.29 is 13.2 Å². The monoisotopic (exact) mass is 470 g/mol. The van der Waals surface area contributed by atoms with Gasteiger partial charge in [-0.25, -0.2) is 15.0 Å². The van der Waals surface area contributed by atoms with Gasteiger partial charge in [-0.2, -0.15) is 13.2 Å². The van der Waals surface area contributed by atoms with Crippen LogP contribution in [0.3, 0.4) is 0 Å². The predicted octanol–water partition coefficient (Wildman–Crippen LogP) is 5.53. The highest BCUT2D eigenvalue weighted by molar-refractivity contribution is 5.71. The summed E-state index contributed by atoms with van der Waals surface area (Å²) >= 11 is 0. The third-order valence-electron chi connectivity index (χ3n) is 5.81. The van der Waals surface area contributed by atoms with Crippen molar-refractivity contribution in [1.29, 1.82) is 0 Å². The largest absolute Gasteiger partial charge is 0.433 e. The van der Waals surface area contributed by atoms with Gasteiger partial charge in [0.2, 0.25) is 5.95 Å². The van der Waals surface area contributed by atoms with Crippen molar-refractivity contribution in [2.24, 2.45) is 0 Å². The summed E-state index contributed by atoms with van der Waals surface area (Å²) in [6, 6.07) is 10.7. The summed E-state index contributed by atoms with van der Waals surface area (Å²) in [6.07, 6.45) is 0.714. The van der Waals surface area contributed by atoms with Gasteiger partial charge in [0.25, 0.3) is 0 Å². The lowest BCUT2D eigenvalue weighted by Gasteiger charge is -2.22. The Morgan fingerprint density at radius 1 is 0.971 bits per heavy atom. The molecule has 1 aliphatic rings. The summed E-state index contributed by atoms with van der Waals surface area (Å²) in [7, 11) is 0. The van der Waals surface area contributed by atoms with Crippen LogP contribution in [-0.4, -0.2) is 52.6 Å². The van der Waals surface area contributed by atoms with Gasteiger partial charge < -0.3 is 15.1 Å². The van der Waals surface area contributed by atoms with E-state index < -0.39 is 11.9 Å². The maximum Gasteiger partial charge on any atom is 0.433 e. The van der Waals surface area contributed by atoms with Crippen LogP contribution in [0.1, 0.15) is 31.0 Å². The summed E-state index contributed by atoms with van der Waals surface area (Å²) in [4.78, 5) is 17.1. The van der Waals surface area contributed by atoms with E-state index in [1.165, 1.54) is 6.42 Å². The van der Waals surface area contributed by atoms with E-state index >= 15 is 0 Å². The fraction of sp³-hybridized carbons (Fsp3) is 0.400. The summed E-state index contributed by atoms with van der Waals surface area (Å²) in [5.41, 5.74) is 2.44. The van der Waals surface area contributed by atoms with Crippen LogP contribution in [0.25, 0.3) is 11.1 Å². The second-order valence-electron chi connectivity index (χ2n) is 8.56. The molecule has 34 heavy (non-hydrogen) atoms. The van der Waals surface area contributed by atoms with Gasteiger partial charge in [0, 0.05) is 43.3 Å². The van der Waals surface area contributed by atoms with E-state index in [0.717, 1.165) is 73.9 Å². The van der Waals surface area contributed by atoms with E-state index in [4.69, 9.17) is 4.98 Å². The van der Waals surface area contributed by atoms with Crippen molar-refractivity contribution in [1.82, 2.24) is 19.9 Å². The molecule has 180 valence electrons. The normalized spacial score (nSPS) is 15.3. The molecule has 0 spiro atoms. The number of anilines is 3. The number of benzene rings is 1. The van der Waals surface area contributed by atoms with Gasteiger partial charge in [-0.05, 0) is 74.3 Å². The molecule has 0 unspecified atom stereocenters. The summed E-state index contributed by atoms with van der Waals surface area (Å²) < 4.78 is 38.9. The molecule has 4 rings (SSSR count). The Hall–Kier alpha value is -3.20. The average Bonchev–Trinajstić information content (AvgIpc) is 3.04. The number of nitrogens with zero attached hydrogens (tertiary/aromatic N) is 5. The minimum atomic E-state index is -4.52. The highest BCUT2D eigenvalue weighted by Crippen LogP contribution is 2.30. The third kappa shape index (κ3) is 6.02. The Morgan fingerprint density at radius 2 is 1.82 bits per heavy atom. The molecule has 0 amide bonds. The van der Waals surface area contributed by atoms with Gasteiger partial charge in [-0.3, -0.25) is 0 Å². The molecule has 6 nitrogen and oxygen atoms in total. The summed E-state index contributed by atoms with van der Waals surface area (Å²) in [6.45, 7) is 9.39. The molecule has 1 fully saturated rings. The zero-order chi connectivity index (χ0) is 24.1. The first kappa shape index (κ1) is 23.9. The minimum absolute atomic E-state index is 0.0990. The molecular weight excluding hydrogens is 441 g/mol. The molecule has 0 radical (unpaired) electrons.